The molecule has 0 N–H and O–H groups in total. The highest BCUT2D eigenvalue weighted by Crippen LogP contribution is 2.44. The molecule has 0 spiro atoms. The van der Waals surface area contributed by atoms with Crippen molar-refractivity contribution in [1.29, 1.82) is 0 Å². The molecule has 5 heteroatoms. The summed E-state index contributed by atoms with van der Waals surface area (Å²) in [5.41, 5.74) is 6.14. The van der Waals surface area contributed by atoms with Crippen LogP contribution in [0.3, 0.4) is 0 Å². The van der Waals surface area contributed by atoms with Crippen LogP contribution in [0, 0.1) is 5.82 Å². The van der Waals surface area contributed by atoms with Gasteiger partial charge in [0.1, 0.15) is 5.82 Å². The smallest absolute Gasteiger partial charge is 0.231 e. The molecule has 4 aromatic rings. The van der Waals surface area contributed by atoms with Crippen molar-refractivity contribution in [1.82, 2.24) is 9.47 Å². The highest BCUT2D eigenvalue weighted by atomic mass is 19.1. The lowest BCUT2D eigenvalue weighted by Gasteiger charge is -2.34. The first-order valence-electron chi connectivity index (χ1n) is 10.6. The first kappa shape index (κ1) is 18.5. The molecular weight excluding hydrogens is 391 g/mol. The zero-order valence-corrected chi connectivity index (χ0v) is 17.3. The van der Waals surface area contributed by atoms with Gasteiger partial charge in [-0.25, -0.2) is 4.39 Å². The van der Waals surface area contributed by atoms with Gasteiger partial charge in [0.05, 0.1) is 6.04 Å². The second-order valence-electron chi connectivity index (χ2n) is 8.39. The molecule has 0 bridgehead atoms. The van der Waals surface area contributed by atoms with Crippen LogP contribution in [0.2, 0.25) is 0 Å². The summed E-state index contributed by atoms with van der Waals surface area (Å²) < 4.78 is 26.9. The maximum atomic E-state index is 13.4. The number of hydrogen-bond acceptors (Lipinski definition) is 3. The molecule has 0 saturated heterocycles. The summed E-state index contributed by atoms with van der Waals surface area (Å²) in [4.78, 5) is 2.41. The van der Waals surface area contributed by atoms with E-state index < -0.39 is 0 Å². The Kier molecular flexibility index (Phi) is 4.25. The van der Waals surface area contributed by atoms with E-state index in [0.29, 0.717) is 6.54 Å². The summed E-state index contributed by atoms with van der Waals surface area (Å²) in [5, 5.41) is 1.24. The maximum absolute atomic E-state index is 13.4. The minimum atomic E-state index is -0.207. The Labute approximate surface area is 180 Å². The monoisotopic (exact) mass is 414 g/mol. The molecule has 4 nitrogen and oxygen atoms in total. The van der Waals surface area contributed by atoms with Crippen LogP contribution in [0.15, 0.2) is 66.9 Å². The van der Waals surface area contributed by atoms with Gasteiger partial charge in [-0.05, 0) is 66.1 Å². The quantitative estimate of drug-likeness (QED) is 0.465. The highest BCUT2D eigenvalue weighted by Gasteiger charge is 2.31. The molecule has 1 atom stereocenters. The Hall–Kier alpha value is -3.31. The van der Waals surface area contributed by atoms with Crippen molar-refractivity contribution >= 4 is 10.9 Å². The van der Waals surface area contributed by atoms with Gasteiger partial charge in [0, 0.05) is 30.2 Å². The SMILES string of the molecule is CN1CCc2cc3c(cc2C1c1cn(Cc2ccc(F)cc2)c2ccccc12)OCO3. The third-order valence-corrected chi connectivity index (χ3v) is 6.48. The topological polar surface area (TPSA) is 26.6 Å². The van der Waals surface area contributed by atoms with Crippen molar-refractivity contribution in [2.24, 2.45) is 0 Å². The summed E-state index contributed by atoms with van der Waals surface area (Å²) in [6.45, 7) is 1.97. The van der Waals surface area contributed by atoms with Crippen molar-refractivity contribution < 1.29 is 13.9 Å². The van der Waals surface area contributed by atoms with Crippen molar-refractivity contribution in [3.05, 3.63) is 94.9 Å². The molecule has 0 radical (unpaired) electrons. The molecule has 0 aliphatic carbocycles. The van der Waals surface area contributed by atoms with Gasteiger partial charge in [-0.2, -0.15) is 0 Å². The van der Waals surface area contributed by atoms with Crippen molar-refractivity contribution in [3.8, 4) is 11.5 Å². The highest BCUT2D eigenvalue weighted by molar-refractivity contribution is 5.85. The third-order valence-electron chi connectivity index (χ3n) is 6.48. The first-order chi connectivity index (χ1) is 15.2. The third kappa shape index (κ3) is 3.08. The van der Waals surface area contributed by atoms with Gasteiger partial charge >= 0.3 is 0 Å². The normalized spacial score (nSPS) is 17.8. The molecule has 0 fully saturated rings. The maximum Gasteiger partial charge on any atom is 0.231 e. The van der Waals surface area contributed by atoms with Crippen LogP contribution in [0.5, 0.6) is 11.5 Å². The summed E-state index contributed by atoms with van der Waals surface area (Å²) >= 11 is 0. The number of para-hydroxylation sites is 1. The second-order valence-corrected chi connectivity index (χ2v) is 8.39. The van der Waals surface area contributed by atoms with Gasteiger partial charge in [-0.15, -0.1) is 0 Å². The van der Waals surface area contributed by atoms with E-state index in [1.165, 1.54) is 39.7 Å². The van der Waals surface area contributed by atoms with E-state index in [1.54, 1.807) is 0 Å². The van der Waals surface area contributed by atoms with Crippen LogP contribution in [-0.4, -0.2) is 29.9 Å². The number of hydrogen-bond donors (Lipinski definition) is 0. The Morgan fingerprint density at radius 3 is 2.58 bits per heavy atom. The summed E-state index contributed by atoms with van der Waals surface area (Å²) in [5.74, 6) is 1.47. The van der Waals surface area contributed by atoms with E-state index in [2.05, 4.69) is 59.1 Å². The molecule has 2 aliphatic rings. The summed E-state index contributed by atoms with van der Waals surface area (Å²) in [6, 6.07) is 19.7. The Bertz CT molecular complexity index is 1280. The molecule has 3 aromatic carbocycles. The van der Waals surface area contributed by atoms with E-state index in [-0.39, 0.29) is 18.7 Å². The van der Waals surface area contributed by atoms with E-state index in [1.807, 2.05) is 12.1 Å². The minimum Gasteiger partial charge on any atom is -0.454 e. The zero-order chi connectivity index (χ0) is 20.9. The van der Waals surface area contributed by atoms with Crippen LogP contribution in [-0.2, 0) is 13.0 Å². The average Bonchev–Trinajstić information content (AvgIpc) is 3.38. The van der Waals surface area contributed by atoms with Gasteiger partial charge in [0.15, 0.2) is 11.5 Å². The van der Waals surface area contributed by atoms with Crippen LogP contribution < -0.4 is 9.47 Å². The van der Waals surface area contributed by atoms with Crippen molar-refractivity contribution in [2.45, 2.75) is 19.0 Å². The van der Waals surface area contributed by atoms with Crippen molar-refractivity contribution in [2.75, 3.05) is 20.4 Å². The van der Waals surface area contributed by atoms with Crippen LogP contribution in [0.4, 0.5) is 4.39 Å². The summed E-state index contributed by atoms with van der Waals surface area (Å²) in [6.07, 6.45) is 3.25. The Morgan fingerprint density at radius 2 is 1.74 bits per heavy atom. The van der Waals surface area contributed by atoms with Crippen LogP contribution >= 0.6 is 0 Å². The number of nitrogens with zero attached hydrogens (tertiary/aromatic N) is 2. The van der Waals surface area contributed by atoms with Gasteiger partial charge < -0.3 is 14.0 Å². The predicted molar refractivity (Wildman–Crippen MR) is 118 cm³/mol. The fourth-order valence-electron chi connectivity index (χ4n) is 4.95. The number of ether oxygens (including phenoxy) is 2. The lowest BCUT2D eigenvalue weighted by molar-refractivity contribution is 0.174. The molecular formula is C26H23FN2O2. The van der Waals surface area contributed by atoms with Gasteiger partial charge in [-0.3, -0.25) is 4.90 Å². The molecule has 31 heavy (non-hydrogen) atoms. The molecule has 2 aliphatic heterocycles. The number of halogens is 1. The molecule has 0 saturated carbocycles. The lowest BCUT2D eigenvalue weighted by atomic mass is 9.88. The summed E-state index contributed by atoms with van der Waals surface area (Å²) in [7, 11) is 2.18. The largest absolute Gasteiger partial charge is 0.454 e. The van der Waals surface area contributed by atoms with Gasteiger partial charge in [0.2, 0.25) is 6.79 Å². The Balaban J connectivity index is 1.48. The molecule has 1 aromatic heterocycles. The lowest BCUT2D eigenvalue weighted by Crippen LogP contribution is -2.32. The first-order valence-corrected chi connectivity index (χ1v) is 10.6. The molecule has 3 heterocycles. The van der Waals surface area contributed by atoms with Gasteiger partial charge in [-0.1, -0.05) is 30.3 Å². The number of benzene rings is 3. The van der Waals surface area contributed by atoms with E-state index in [9.17, 15) is 4.39 Å². The minimum absolute atomic E-state index is 0.137. The van der Waals surface area contributed by atoms with E-state index in [0.717, 1.165) is 30.0 Å². The average molecular weight is 414 g/mol. The molecule has 156 valence electrons. The number of likely N-dealkylation sites (N-methyl/N-ethyl adjacent to an activating group) is 1. The van der Waals surface area contributed by atoms with Crippen molar-refractivity contribution in [3.63, 3.8) is 0 Å². The molecule has 6 rings (SSSR count). The van der Waals surface area contributed by atoms with Gasteiger partial charge in [0.25, 0.3) is 0 Å². The predicted octanol–water partition coefficient (Wildman–Crippen LogP) is 5.13. The Morgan fingerprint density at radius 1 is 0.968 bits per heavy atom. The number of rotatable bonds is 3. The molecule has 0 amide bonds. The van der Waals surface area contributed by atoms with Crippen LogP contribution in [0.1, 0.15) is 28.3 Å². The standard InChI is InChI=1S/C26H23FN2O2/c1-28-11-10-18-12-24-25(31-16-30-24)13-21(18)26(28)22-15-29(23-5-3-2-4-20(22)23)14-17-6-8-19(27)9-7-17/h2-9,12-13,15,26H,10-11,14,16H2,1H3. The second kappa shape index (κ2) is 7.13. The number of fused-ring (bicyclic) bond motifs is 3. The fourth-order valence-corrected chi connectivity index (χ4v) is 4.95. The number of aromatic nitrogens is 1. The fraction of sp³-hybridized carbons (Fsp3) is 0.231. The van der Waals surface area contributed by atoms with E-state index >= 15 is 0 Å². The van der Waals surface area contributed by atoms with Crippen LogP contribution in [0.25, 0.3) is 10.9 Å². The van der Waals surface area contributed by atoms with E-state index in [4.69, 9.17) is 9.47 Å². The zero-order valence-electron chi connectivity index (χ0n) is 17.3. The molecule has 1 unspecified atom stereocenters.